The lowest BCUT2D eigenvalue weighted by molar-refractivity contribution is 1.47. The van der Waals surface area contributed by atoms with Gasteiger partial charge in [0.05, 0.1) is 0 Å². The van der Waals surface area contributed by atoms with E-state index in [2.05, 4.69) is 195 Å². The summed E-state index contributed by atoms with van der Waals surface area (Å²) in [6.45, 7) is 2.14. The highest BCUT2D eigenvalue weighted by molar-refractivity contribution is 6.23. The normalized spacial score (nSPS) is 11.4. The Hall–Kier alpha value is -6.24. The summed E-state index contributed by atoms with van der Waals surface area (Å²) in [7, 11) is 0. The van der Waals surface area contributed by atoms with E-state index in [1.807, 2.05) is 0 Å². The largest absolute Gasteiger partial charge is 0.0622 e. The molecular weight excluding hydrogens is 589 g/mol. The third kappa shape index (κ3) is 5.19. The average molecular weight is 623 g/mol. The van der Waals surface area contributed by atoms with Gasteiger partial charge in [-0.05, 0) is 119 Å². The van der Waals surface area contributed by atoms with E-state index in [0.717, 1.165) is 0 Å². The molecule has 0 radical (unpaired) electrons. The van der Waals surface area contributed by atoms with E-state index in [-0.39, 0.29) is 0 Å². The van der Waals surface area contributed by atoms with E-state index in [9.17, 15) is 0 Å². The topological polar surface area (TPSA) is 0 Å². The molecule has 0 bridgehead atoms. The highest BCUT2D eigenvalue weighted by Crippen LogP contribution is 2.47. The highest BCUT2D eigenvalue weighted by Gasteiger charge is 2.20. The van der Waals surface area contributed by atoms with Crippen molar-refractivity contribution in [3.8, 4) is 55.6 Å². The molecule has 0 amide bonds. The maximum absolute atomic E-state index is 2.44. The van der Waals surface area contributed by atoms with Crippen LogP contribution in [0.2, 0.25) is 0 Å². The first-order chi connectivity index (χ1) is 24.2. The van der Waals surface area contributed by atoms with Crippen LogP contribution in [0.15, 0.2) is 188 Å². The Morgan fingerprint density at radius 1 is 0.265 bits per heavy atom. The van der Waals surface area contributed by atoms with E-state index in [4.69, 9.17) is 0 Å². The summed E-state index contributed by atoms with van der Waals surface area (Å²) in [5.74, 6) is 0. The monoisotopic (exact) mass is 622 g/mol. The first-order valence-electron chi connectivity index (χ1n) is 17.0. The summed E-state index contributed by atoms with van der Waals surface area (Å²) in [6, 6.07) is 69.1. The molecule has 0 atom stereocenters. The van der Waals surface area contributed by atoms with Crippen LogP contribution in [0, 0.1) is 6.92 Å². The zero-order valence-corrected chi connectivity index (χ0v) is 27.4. The van der Waals surface area contributed by atoms with Crippen molar-refractivity contribution in [2.75, 3.05) is 0 Å². The second-order valence-electron chi connectivity index (χ2n) is 13.0. The summed E-state index contributed by atoms with van der Waals surface area (Å²) in [5.41, 5.74) is 13.6. The predicted molar refractivity (Wildman–Crippen MR) is 211 cm³/mol. The minimum absolute atomic E-state index is 1.21. The Labute approximate surface area is 287 Å². The fraction of sp³-hybridized carbons (Fsp3) is 0.0204. The van der Waals surface area contributed by atoms with Crippen LogP contribution in [0.3, 0.4) is 0 Å². The van der Waals surface area contributed by atoms with E-state index >= 15 is 0 Å². The number of fused-ring (bicyclic) bond motifs is 4. The van der Waals surface area contributed by atoms with Crippen molar-refractivity contribution in [3.05, 3.63) is 194 Å². The second-order valence-corrected chi connectivity index (χ2v) is 13.0. The van der Waals surface area contributed by atoms with E-state index in [1.54, 1.807) is 0 Å². The number of aryl methyl sites for hydroxylation is 1. The van der Waals surface area contributed by atoms with Crippen molar-refractivity contribution in [1.82, 2.24) is 0 Å². The molecule has 0 fully saturated rings. The van der Waals surface area contributed by atoms with E-state index in [1.165, 1.54) is 93.5 Å². The zero-order chi connectivity index (χ0) is 32.7. The minimum Gasteiger partial charge on any atom is -0.0622 e. The molecule has 9 rings (SSSR count). The Bertz CT molecular complexity index is 2610. The SMILES string of the molecule is Cc1ccc(-c2ccc3c(c2)c(-c2ccccc2)c(-c2ccccc2)c2cc(-c4cc5ccccc5cc4-c4ccccc4)ccc23)cc1. The fourth-order valence-corrected chi connectivity index (χ4v) is 7.48. The molecule has 9 aromatic carbocycles. The Morgan fingerprint density at radius 2 is 0.673 bits per heavy atom. The number of rotatable bonds is 5. The Kier molecular flexibility index (Phi) is 7.14. The molecule has 0 saturated carbocycles. The average Bonchev–Trinajstić information content (AvgIpc) is 3.17. The molecule has 0 heteroatoms. The molecule has 0 N–H and O–H groups in total. The first-order valence-corrected chi connectivity index (χ1v) is 17.0. The molecule has 0 aliphatic carbocycles. The van der Waals surface area contributed by atoms with Crippen molar-refractivity contribution in [1.29, 1.82) is 0 Å². The molecular formula is C49H34. The van der Waals surface area contributed by atoms with Gasteiger partial charge in [-0.1, -0.05) is 169 Å². The summed E-state index contributed by atoms with van der Waals surface area (Å²) >= 11 is 0. The minimum atomic E-state index is 1.21. The van der Waals surface area contributed by atoms with E-state index in [0.29, 0.717) is 0 Å². The van der Waals surface area contributed by atoms with Crippen LogP contribution >= 0.6 is 0 Å². The maximum Gasteiger partial charge on any atom is -0.00201 e. The Morgan fingerprint density at radius 3 is 1.20 bits per heavy atom. The van der Waals surface area contributed by atoms with Gasteiger partial charge >= 0.3 is 0 Å². The molecule has 0 saturated heterocycles. The van der Waals surface area contributed by atoms with Crippen LogP contribution in [0.25, 0.3) is 88.0 Å². The van der Waals surface area contributed by atoms with Crippen molar-refractivity contribution < 1.29 is 0 Å². The van der Waals surface area contributed by atoms with Crippen molar-refractivity contribution in [3.63, 3.8) is 0 Å². The van der Waals surface area contributed by atoms with Gasteiger partial charge in [-0.15, -0.1) is 0 Å². The van der Waals surface area contributed by atoms with Crippen LogP contribution < -0.4 is 0 Å². The highest BCUT2D eigenvalue weighted by atomic mass is 14.2. The van der Waals surface area contributed by atoms with Gasteiger partial charge in [0, 0.05) is 0 Å². The molecule has 0 unspecified atom stereocenters. The second kappa shape index (κ2) is 12.1. The van der Waals surface area contributed by atoms with Crippen molar-refractivity contribution in [2.24, 2.45) is 0 Å². The quantitative estimate of drug-likeness (QED) is 0.168. The molecule has 9 aromatic rings. The Balaban J connectivity index is 1.40. The van der Waals surface area contributed by atoms with Gasteiger partial charge in [0.15, 0.2) is 0 Å². The van der Waals surface area contributed by atoms with Crippen LogP contribution in [0.4, 0.5) is 0 Å². The van der Waals surface area contributed by atoms with Gasteiger partial charge in [-0.3, -0.25) is 0 Å². The summed E-state index contributed by atoms with van der Waals surface area (Å²) in [5, 5.41) is 7.53. The smallest absolute Gasteiger partial charge is 0.00201 e. The number of hydrogen-bond acceptors (Lipinski definition) is 0. The number of hydrogen-bond donors (Lipinski definition) is 0. The van der Waals surface area contributed by atoms with Gasteiger partial charge in [-0.2, -0.15) is 0 Å². The van der Waals surface area contributed by atoms with Gasteiger partial charge in [0.2, 0.25) is 0 Å². The zero-order valence-electron chi connectivity index (χ0n) is 27.4. The lowest BCUT2D eigenvalue weighted by Crippen LogP contribution is -1.94. The van der Waals surface area contributed by atoms with E-state index < -0.39 is 0 Å². The van der Waals surface area contributed by atoms with Crippen LogP contribution in [0.1, 0.15) is 5.56 Å². The van der Waals surface area contributed by atoms with Crippen molar-refractivity contribution >= 4 is 32.3 Å². The van der Waals surface area contributed by atoms with Crippen LogP contribution in [-0.2, 0) is 0 Å². The third-order valence-electron chi connectivity index (χ3n) is 9.91. The number of benzene rings is 9. The van der Waals surface area contributed by atoms with Crippen LogP contribution in [-0.4, -0.2) is 0 Å². The molecule has 0 aromatic heterocycles. The van der Waals surface area contributed by atoms with Gasteiger partial charge in [0.1, 0.15) is 0 Å². The fourth-order valence-electron chi connectivity index (χ4n) is 7.48. The van der Waals surface area contributed by atoms with Gasteiger partial charge in [-0.25, -0.2) is 0 Å². The molecule has 49 heavy (non-hydrogen) atoms. The standard InChI is InChI=1S/C49H34/c1-33-21-23-34(24-22-33)40-25-27-42-43-28-26-41(45-30-39-20-12-11-19-38(39)29-44(45)35-13-5-2-6-14-35)32-47(43)49(37-17-9-4-10-18-37)48(46(42)31-40)36-15-7-3-8-16-36/h2-32H,1H3. The van der Waals surface area contributed by atoms with Crippen molar-refractivity contribution in [2.45, 2.75) is 6.92 Å². The maximum atomic E-state index is 2.44. The summed E-state index contributed by atoms with van der Waals surface area (Å²) in [4.78, 5) is 0. The summed E-state index contributed by atoms with van der Waals surface area (Å²) < 4.78 is 0. The third-order valence-corrected chi connectivity index (χ3v) is 9.91. The lowest BCUT2D eigenvalue weighted by atomic mass is 9.82. The lowest BCUT2D eigenvalue weighted by Gasteiger charge is -2.21. The first kappa shape index (κ1) is 28.9. The van der Waals surface area contributed by atoms with Gasteiger partial charge < -0.3 is 0 Å². The van der Waals surface area contributed by atoms with Crippen LogP contribution in [0.5, 0.6) is 0 Å². The molecule has 230 valence electrons. The molecule has 0 nitrogen and oxygen atoms in total. The predicted octanol–water partition coefficient (Wildman–Crippen LogP) is 13.8. The molecule has 0 spiro atoms. The molecule has 0 aliphatic rings. The van der Waals surface area contributed by atoms with Gasteiger partial charge in [0.25, 0.3) is 0 Å². The molecule has 0 aliphatic heterocycles. The molecule has 0 heterocycles. The summed E-state index contributed by atoms with van der Waals surface area (Å²) in [6.07, 6.45) is 0.